The maximum atomic E-state index is 9.16. The Balaban J connectivity index is 2.95. The largest absolute Gasteiger partial charge is 0.496 e. The summed E-state index contributed by atoms with van der Waals surface area (Å²) in [6, 6.07) is 5.76. The summed E-state index contributed by atoms with van der Waals surface area (Å²) in [7, 11) is 3.58. The van der Waals surface area contributed by atoms with Gasteiger partial charge in [0.25, 0.3) is 0 Å². The van der Waals surface area contributed by atoms with Gasteiger partial charge in [0.1, 0.15) is 12.4 Å². The van der Waals surface area contributed by atoms with Crippen molar-refractivity contribution >= 4 is 0 Å². The maximum Gasteiger partial charge on any atom is 0.123 e. The molecule has 1 aromatic carbocycles. The zero-order valence-electron chi connectivity index (χ0n) is 11.7. The summed E-state index contributed by atoms with van der Waals surface area (Å²) in [5.74, 6) is 6.30. The van der Waals surface area contributed by atoms with Gasteiger partial charge in [-0.25, -0.2) is 0 Å². The van der Waals surface area contributed by atoms with Crippen LogP contribution in [0.2, 0.25) is 0 Å². The van der Waals surface area contributed by atoms with E-state index in [9.17, 15) is 0 Å². The van der Waals surface area contributed by atoms with Crippen molar-refractivity contribution in [1.29, 1.82) is 0 Å². The van der Waals surface area contributed by atoms with Crippen LogP contribution in [-0.4, -0.2) is 48.5 Å². The number of hydrogen-bond acceptors (Lipinski definition) is 4. The molecule has 0 aliphatic carbocycles. The molecule has 19 heavy (non-hydrogen) atoms. The zero-order valence-corrected chi connectivity index (χ0v) is 11.7. The Morgan fingerprint density at radius 3 is 2.68 bits per heavy atom. The minimum absolute atomic E-state index is 0.0805. The Labute approximate surface area is 114 Å². The highest BCUT2D eigenvalue weighted by molar-refractivity contribution is 5.44. The molecule has 4 heteroatoms. The molecule has 0 fully saturated rings. The molecule has 0 spiro atoms. The molecule has 1 aromatic rings. The number of benzene rings is 1. The number of ether oxygens (including phenoxy) is 1. The molecular weight excluding hydrogens is 242 g/mol. The van der Waals surface area contributed by atoms with Crippen molar-refractivity contribution in [1.82, 2.24) is 4.90 Å². The number of aliphatic hydroxyl groups is 2. The lowest BCUT2D eigenvalue weighted by Crippen LogP contribution is -2.31. The summed E-state index contributed by atoms with van der Waals surface area (Å²) in [5, 5.41) is 17.9. The average molecular weight is 263 g/mol. The van der Waals surface area contributed by atoms with E-state index >= 15 is 0 Å². The van der Waals surface area contributed by atoms with E-state index in [2.05, 4.69) is 11.8 Å². The molecule has 104 valence electrons. The van der Waals surface area contributed by atoms with Gasteiger partial charge >= 0.3 is 0 Å². The van der Waals surface area contributed by atoms with E-state index in [1.165, 1.54) is 0 Å². The summed E-state index contributed by atoms with van der Waals surface area (Å²) in [6.07, 6.45) is 0. The Morgan fingerprint density at radius 2 is 2.11 bits per heavy atom. The van der Waals surface area contributed by atoms with Crippen molar-refractivity contribution in [2.75, 3.05) is 27.4 Å². The molecule has 0 saturated heterocycles. The van der Waals surface area contributed by atoms with Crippen LogP contribution in [0, 0.1) is 11.8 Å². The third-order valence-electron chi connectivity index (χ3n) is 3.03. The van der Waals surface area contributed by atoms with Crippen molar-refractivity contribution in [3.05, 3.63) is 29.3 Å². The molecular formula is C15H21NO3. The van der Waals surface area contributed by atoms with Crippen molar-refractivity contribution in [2.45, 2.75) is 19.5 Å². The molecule has 0 aliphatic rings. The fraction of sp³-hybridized carbons (Fsp3) is 0.467. The molecule has 1 unspecified atom stereocenters. The van der Waals surface area contributed by atoms with E-state index in [4.69, 9.17) is 14.9 Å². The van der Waals surface area contributed by atoms with Gasteiger partial charge in [-0.3, -0.25) is 4.90 Å². The molecule has 0 heterocycles. The highest BCUT2D eigenvalue weighted by Gasteiger charge is 2.11. The van der Waals surface area contributed by atoms with E-state index < -0.39 is 0 Å². The first kappa shape index (κ1) is 15.5. The molecule has 0 radical (unpaired) electrons. The number of likely N-dealkylation sites (N-methyl/N-ethyl adjacent to an activating group) is 1. The van der Waals surface area contributed by atoms with E-state index in [0.717, 1.165) is 16.9 Å². The van der Waals surface area contributed by atoms with Crippen molar-refractivity contribution in [3.8, 4) is 17.6 Å². The van der Waals surface area contributed by atoms with Crippen LogP contribution in [0.15, 0.2) is 18.2 Å². The minimum Gasteiger partial charge on any atom is -0.496 e. The van der Waals surface area contributed by atoms with Crippen molar-refractivity contribution in [3.63, 3.8) is 0 Å². The predicted molar refractivity (Wildman–Crippen MR) is 75.0 cm³/mol. The quantitative estimate of drug-likeness (QED) is 0.773. The van der Waals surface area contributed by atoms with E-state index in [1.807, 2.05) is 37.1 Å². The van der Waals surface area contributed by atoms with E-state index in [-0.39, 0.29) is 19.3 Å². The van der Waals surface area contributed by atoms with Gasteiger partial charge in [-0.2, -0.15) is 0 Å². The molecule has 2 N–H and O–H groups in total. The van der Waals surface area contributed by atoms with Gasteiger partial charge in [0.05, 0.1) is 13.7 Å². The van der Waals surface area contributed by atoms with Crippen LogP contribution >= 0.6 is 0 Å². The number of rotatable bonds is 5. The Hall–Kier alpha value is -1.54. The van der Waals surface area contributed by atoms with Gasteiger partial charge < -0.3 is 14.9 Å². The van der Waals surface area contributed by atoms with Crippen LogP contribution in [0.5, 0.6) is 5.75 Å². The van der Waals surface area contributed by atoms with Gasteiger partial charge in [-0.1, -0.05) is 11.8 Å². The second kappa shape index (κ2) is 7.80. The highest BCUT2D eigenvalue weighted by atomic mass is 16.5. The summed E-state index contributed by atoms with van der Waals surface area (Å²) in [4.78, 5) is 2.04. The molecule has 1 rings (SSSR count). The lowest BCUT2D eigenvalue weighted by molar-refractivity contribution is 0.153. The standard InChI is InChI=1S/C15H21NO3/c1-12(11-18)16(2)10-14-9-13(5-4-8-17)6-7-15(14)19-3/h6-7,9,12,17-18H,8,10-11H2,1-3H3. The Kier molecular flexibility index (Phi) is 6.37. The topological polar surface area (TPSA) is 52.9 Å². The molecule has 0 bridgehead atoms. The lowest BCUT2D eigenvalue weighted by atomic mass is 10.1. The Morgan fingerprint density at radius 1 is 1.37 bits per heavy atom. The third kappa shape index (κ3) is 4.56. The van der Waals surface area contributed by atoms with Crippen LogP contribution in [0.1, 0.15) is 18.1 Å². The van der Waals surface area contributed by atoms with Gasteiger partial charge in [-0.15, -0.1) is 0 Å². The average Bonchev–Trinajstić information content (AvgIpc) is 2.44. The number of hydrogen-bond donors (Lipinski definition) is 2. The monoisotopic (exact) mass is 263 g/mol. The molecule has 4 nitrogen and oxygen atoms in total. The highest BCUT2D eigenvalue weighted by Crippen LogP contribution is 2.21. The van der Waals surface area contributed by atoms with Gasteiger partial charge in [0.15, 0.2) is 0 Å². The van der Waals surface area contributed by atoms with Crippen molar-refractivity contribution in [2.24, 2.45) is 0 Å². The van der Waals surface area contributed by atoms with E-state index in [0.29, 0.717) is 6.54 Å². The first-order valence-corrected chi connectivity index (χ1v) is 6.20. The molecule has 0 saturated carbocycles. The van der Waals surface area contributed by atoms with E-state index in [1.54, 1.807) is 7.11 Å². The fourth-order valence-corrected chi connectivity index (χ4v) is 1.69. The zero-order chi connectivity index (χ0) is 14.3. The van der Waals surface area contributed by atoms with Crippen LogP contribution < -0.4 is 4.74 Å². The van der Waals surface area contributed by atoms with Crippen LogP contribution in [0.4, 0.5) is 0 Å². The summed E-state index contributed by atoms with van der Waals surface area (Å²) >= 11 is 0. The van der Waals surface area contributed by atoms with Crippen LogP contribution in [0.3, 0.4) is 0 Å². The van der Waals surface area contributed by atoms with Crippen molar-refractivity contribution < 1.29 is 14.9 Å². The first-order chi connectivity index (χ1) is 9.12. The fourth-order valence-electron chi connectivity index (χ4n) is 1.69. The van der Waals surface area contributed by atoms with Gasteiger partial charge in [-0.05, 0) is 32.2 Å². The SMILES string of the molecule is COc1ccc(C#CCO)cc1CN(C)C(C)CO. The summed E-state index contributed by atoms with van der Waals surface area (Å²) < 4.78 is 5.33. The lowest BCUT2D eigenvalue weighted by Gasteiger charge is -2.23. The Bertz CT molecular complexity index is 462. The summed E-state index contributed by atoms with van der Waals surface area (Å²) in [6.45, 7) is 2.59. The smallest absolute Gasteiger partial charge is 0.123 e. The normalized spacial score (nSPS) is 11.9. The molecule has 0 aliphatic heterocycles. The number of aliphatic hydroxyl groups excluding tert-OH is 2. The van der Waals surface area contributed by atoms with Gasteiger partial charge in [0.2, 0.25) is 0 Å². The third-order valence-corrected chi connectivity index (χ3v) is 3.03. The molecule has 0 aromatic heterocycles. The molecule has 1 atom stereocenters. The predicted octanol–water partition coefficient (Wildman–Crippen LogP) is 0.852. The summed E-state index contributed by atoms with van der Waals surface area (Å²) in [5.41, 5.74) is 1.85. The van der Waals surface area contributed by atoms with Crippen LogP contribution in [-0.2, 0) is 6.54 Å². The second-order valence-corrected chi connectivity index (χ2v) is 4.43. The maximum absolute atomic E-state index is 9.16. The first-order valence-electron chi connectivity index (χ1n) is 6.20. The molecule has 0 amide bonds. The van der Waals surface area contributed by atoms with Crippen LogP contribution in [0.25, 0.3) is 0 Å². The van der Waals surface area contributed by atoms with Gasteiger partial charge in [0, 0.05) is 23.7 Å². The minimum atomic E-state index is -0.150. The number of nitrogens with zero attached hydrogens (tertiary/aromatic N) is 1. The number of methoxy groups -OCH3 is 1. The second-order valence-electron chi connectivity index (χ2n) is 4.43.